The second-order valence-corrected chi connectivity index (χ2v) is 6.03. The average Bonchev–Trinajstić information content (AvgIpc) is 2.92. The van der Waals surface area contributed by atoms with Gasteiger partial charge in [0, 0.05) is 5.56 Å². The van der Waals surface area contributed by atoms with Crippen molar-refractivity contribution in [3.05, 3.63) is 53.2 Å². The van der Waals surface area contributed by atoms with Crippen molar-refractivity contribution in [2.75, 3.05) is 0 Å². The van der Waals surface area contributed by atoms with E-state index in [1.807, 2.05) is 0 Å². The molecule has 21 heavy (non-hydrogen) atoms. The number of furan rings is 1. The van der Waals surface area contributed by atoms with Gasteiger partial charge < -0.3 is 9.52 Å². The summed E-state index contributed by atoms with van der Waals surface area (Å²) >= 11 is 0. The van der Waals surface area contributed by atoms with Gasteiger partial charge in [-0.3, -0.25) is 0 Å². The maximum atomic E-state index is 13.7. The highest BCUT2D eigenvalue weighted by atomic mass is 32.2. The molecule has 1 aromatic carbocycles. The molecule has 0 radical (unpaired) electrons. The van der Waals surface area contributed by atoms with Crippen molar-refractivity contribution < 1.29 is 27.1 Å². The van der Waals surface area contributed by atoms with E-state index in [-0.39, 0.29) is 12.1 Å². The number of carboxylic acids is 1. The zero-order valence-corrected chi connectivity index (χ0v) is 11.8. The molecule has 1 aromatic heterocycles. The lowest BCUT2D eigenvalue weighted by Gasteiger charge is -2.10. The molecule has 0 aliphatic carbocycles. The van der Waals surface area contributed by atoms with Crippen LogP contribution in [-0.4, -0.2) is 19.5 Å². The molecule has 0 saturated carbocycles. The van der Waals surface area contributed by atoms with Crippen LogP contribution in [0.15, 0.2) is 39.8 Å². The highest BCUT2D eigenvalue weighted by Gasteiger charge is 2.22. The van der Waals surface area contributed by atoms with E-state index in [0.717, 1.165) is 12.1 Å². The second kappa shape index (κ2) is 5.66. The zero-order chi connectivity index (χ0) is 15.6. The lowest BCUT2D eigenvalue weighted by Crippen LogP contribution is -2.24. The van der Waals surface area contributed by atoms with Gasteiger partial charge in [-0.25, -0.2) is 22.3 Å². The van der Waals surface area contributed by atoms with Gasteiger partial charge in [-0.15, -0.1) is 0 Å². The summed E-state index contributed by atoms with van der Waals surface area (Å²) in [6.07, 6.45) is 1.39. The Labute approximate surface area is 120 Å². The van der Waals surface area contributed by atoms with Crippen molar-refractivity contribution in [2.45, 2.75) is 18.4 Å². The van der Waals surface area contributed by atoms with Gasteiger partial charge in [0.15, 0.2) is 0 Å². The fraction of sp³-hybridized carbons (Fsp3) is 0.154. The molecule has 112 valence electrons. The van der Waals surface area contributed by atoms with E-state index in [1.54, 1.807) is 12.1 Å². The molecule has 2 N–H and O–H groups in total. The van der Waals surface area contributed by atoms with Crippen LogP contribution in [0.1, 0.15) is 21.7 Å². The summed E-state index contributed by atoms with van der Waals surface area (Å²) in [5, 5.41) is 8.87. The Hall–Kier alpha value is -2.19. The molecule has 6 nitrogen and oxygen atoms in total. The second-order valence-electron chi connectivity index (χ2n) is 4.29. The number of aromatic carboxylic acids is 1. The van der Waals surface area contributed by atoms with Gasteiger partial charge in [0.25, 0.3) is 0 Å². The number of benzene rings is 1. The minimum atomic E-state index is -4.06. The Morgan fingerprint density at radius 3 is 2.71 bits per heavy atom. The van der Waals surface area contributed by atoms with E-state index < -0.39 is 32.3 Å². The van der Waals surface area contributed by atoms with Crippen molar-refractivity contribution in [3.8, 4) is 0 Å². The van der Waals surface area contributed by atoms with E-state index >= 15 is 0 Å². The molecule has 0 atom stereocenters. The van der Waals surface area contributed by atoms with E-state index in [2.05, 4.69) is 4.72 Å². The number of sulfonamides is 1. The van der Waals surface area contributed by atoms with Crippen molar-refractivity contribution in [2.24, 2.45) is 0 Å². The Morgan fingerprint density at radius 1 is 1.43 bits per heavy atom. The molecule has 8 heteroatoms. The summed E-state index contributed by atoms with van der Waals surface area (Å²) in [5.41, 5.74) is -0.580. The summed E-state index contributed by atoms with van der Waals surface area (Å²) in [5.74, 6) is -1.92. The topological polar surface area (TPSA) is 96.6 Å². The average molecular weight is 313 g/mol. The van der Waals surface area contributed by atoms with Crippen LogP contribution in [0.3, 0.4) is 0 Å². The fourth-order valence-electron chi connectivity index (χ4n) is 1.71. The summed E-state index contributed by atoms with van der Waals surface area (Å²) in [6, 6.07) is 4.87. The molecule has 0 fully saturated rings. The number of hydrogen-bond acceptors (Lipinski definition) is 4. The van der Waals surface area contributed by atoms with Gasteiger partial charge in [0.1, 0.15) is 11.6 Å². The van der Waals surface area contributed by atoms with Crippen LogP contribution in [0.25, 0.3) is 0 Å². The summed E-state index contributed by atoms with van der Waals surface area (Å²) in [7, 11) is -4.06. The molecule has 0 saturated heterocycles. The summed E-state index contributed by atoms with van der Waals surface area (Å²) in [4.78, 5) is 10.5. The maximum absolute atomic E-state index is 13.7. The van der Waals surface area contributed by atoms with Gasteiger partial charge in [-0.2, -0.15) is 0 Å². The normalized spacial score (nSPS) is 11.5. The van der Waals surface area contributed by atoms with Crippen LogP contribution in [0.4, 0.5) is 4.39 Å². The molecule has 0 amide bonds. The number of hydrogen-bond donors (Lipinski definition) is 2. The standard InChI is InChI=1S/C13H12FNO5S/c1-8-11(14)5-9(13(16)17)6-12(8)21(18,19)15-7-10-3-2-4-20-10/h2-6,15H,7H2,1H3,(H,16,17). The lowest BCUT2D eigenvalue weighted by atomic mass is 10.1. The Balaban J connectivity index is 2.37. The van der Waals surface area contributed by atoms with E-state index in [0.29, 0.717) is 5.76 Å². The predicted octanol–water partition coefficient (Wildman–Crippen LogP) is 1.90. The van der Waals surface area contributed by atoms with Crippen LogP contribution in [-0.2, 0) is 16.6 Å². The number of nitrogens with one attached hydrogen (secondary N) is 1. The van der Waals surface area contributed by atoms with Gasteiger partial charge in [0.2, 0.25) is 10.0 Å². The third kappa shape index (κ3) is 3.29. The Kier molecular flexibility index (Phi) is 4.10. The van der Waals surface area contributed by atoms with Crippen molar-refractivity contribution in [3.63, 3.8) is 0 Å². The number of halogens is 1. The minimum Gasteiger partial charge on any atom is -0.478 e. The van der Waals surface area contributed by atoms with Crippen LogP contribution < -0.4 is 4.72 Å². The molecular formula is C13H12FNO5S. The van der Waals surface area contributed by atoms with E-state index in [4.69, 9.17) is 9.52 Å². The maximum Gasteiger partial charge on any atom is 0.335 e. The summed E-state index contributed by atoms with van der Waals surface area (Å²) in [6.45, 7) is 1.15. The molecule has 0 aliphatic rings. The third-order valence-electron chi connectivity index (χ3n) is 2.85. The van der Waals surface area contributed by atoms with Crippen molar-refractivity contribution >= 4 is 16.0 Å². The van der Waals surface area contributed by atoms with E-state index in [9.17, 15) is 17.6 Å². The zero-order valence-electron chi connectivity index (χ0n) is 11.0. The molecule has 0 aliphatic heterocycles. The van der Waals surface area contributed by atoms with Gasteiger partial charge in [-0.1, -0.05) is 0 Å². The summed E-state index contributed by atoms with van der Waals surface area (Å²) < 4.78 is 45.2. The highest BCUT2D eigenvalue weighted by molar-refractivity contribution is 7.89. The van der Waals surface area contributed by atoms with Crippen LogP contribution >= 0.6 is 0 Å². The first kappa shape index (κ1) is 15.2. The first-order chi connectivity index (χ1) is 9.81. The molecule has 0 bridgehead atoms. The molecule has 2 aromatic rings. The van der Waals surface area contributed by atoms with Crippen LogP contribution in [0, 0.1) is 12.7 Å². The molecule has 0 spiro atoms. The monoisotopic (exact) mass is 313 g/mol. The van der Waals surface area contributed by atoms with Crippen molar-refractivity contribution in [1.29, 1.82) is 0 Å². The fourth-order valence-corrected chi connectivity index (χ4v) is 2.98. The van der Waals surface area contributed by atoms with Gasteiger partial charge in [-0.05, 0) is 31.2 Å². The third-order valence-corrected chi connectivity index (χ3v) is 4.38. The van der Waals surface area contributed by atoms with Crippen LogP contribution in [0.2, 0.25) is 0 Å². The van der Waals surface area contributed by atoms with E-state index in [1.165, 1.54) is 13.2 Å². The number of rotatable bonds is 5. The minimum absolute atomic E-state index is 0.117. The van der Waals surface area contributed by atoms with Crippen LogP contribution in [0.5, 0.6) is 0 Å². The van der Waals surface area contributed by atoms with Crippen molar-refractivity contribution in [1.82, 2.24) is 4.72 Å². The predicted molar refractivity (Wildman–Crippen MR) is 70.8 cm³/mol. The molecule has 0 unspecified atom stereocenters. The smallest absolute Gasteiger partial charge is 0.335 e. The molecule has 1 heterocycles. The Morgan fingerprint density at radius 2 is 2.14 bits per heavy atom. The SMILES string of the molecule is Cc1c(F)cc(C(=O)O)cc1S(=O)(=O)NCc1ccco1. The number of carbonyl (C=O) groups is 1. The highest BCUT2D eigenvalue weighted by Crippen LogP contribution is 2.21. The first-order valence-electron chi connectivity index (χ1n) is 5.87. The molecular weight excluding hydrogens is 301 g/mol. The van der Waals surface area contributed by atoms with Gasteiger partial charge >= 0.3 is 5.97 Å². The quantitative estimate of drug-likeness (QED) is 0.879. The first-order valence-corrected chi connectivity index (χ1v) is 7.35. The lowest BCUT2D eigenvalue weighted by molar-refractivity contribution is 0.0696. The molecule has 2 rings (SSSR count). The Bertz CT molecular complexity index is 768. The largest absolute Gasteiger partial charge is 0.478 e. The number of carboxylic acid groups (broad SMARTS) is 1. The van der Waals surface area contributed by atoms with Gasteiger partial charge in [0.05, 0.1) is 23.3 Å².